The maximum atomic E-state index is 12.1. The second-order valence-electron chi connectivity index (χ2n) is 4.76. The number of nitrogens with zero attached hydrogens (tertiary/aromatic N) is 2. The van der Waals surface area contributed by atoms with Crippen molar-refractivity contribution in [2.24, 2.45) is 5.92 Å². The van der Waals surface area contributed by atoms with Crippen LogP contribution in [0.3, 0.4) is 0 Å². The number of hydrogen-bond donors (Lipinski definition) is 1. The van der Waals surface area contributed by atoms with Crippen LogP contribution >= 0.6 is 11.8 Å². The first kappa shape index (κ1) is 18.5. The van der Waals surface area contributed by atoms with E-state index < -0.39 is 21.2 Å². The highest BCUT2D eigenvalue weighted by molar-refractivity contribution is 8.00. The zero-order valence-electron chi connectivity index (χ0n) is 13.0. The Kier molecular flexibility index (Phi) is 6.42. The van der Waals surface area contributed by atoms with Gasteiger partial charge in [0.25, 0.3) is 0 Å². The fraction of sp³-hybridized carbons (Fsp3) is 0.583. The van der Waals surface area contributed by atoms with Crippen LogP contribution in [0.4, 0.5) is 0 Å². The number of carbonyl (C=O) groups excluding carboxylic acids is 1. The molecule has 0 saturated carbocycles. The van der Waals surface area contributed by atoms with E-state index in [2.05, 4.69) is 9.97 Å². The first-order valence-electron chi connectivity index (χ1n) is 6.31. The third-order valence-electron chi connectivity index (χ3n) is 2.46. The van der Waals surface area contributed by atoms with E-state index in [0.29, 0.717) is 11.8 Å². The van der Waals surface area contributed by atoms with Crippen molar-refractivity contribution in [1.82, 2.24) is 14.7 Å². The van der Waals surface area contributed by atoms with Crippen LogP contribution in [-0.2, 0) is 14.8 Å². The largest absolute Gasteiger partial charge is 0.481 e. The number of nitrogens with one attached hydrogen (secondary N) is 1. The normalized spacial score (nSPS) is 12.8. The van der Waals surface area contributed by atoms with Crippen LogP contribution in [0.2, 0.25) is 0 Å². The Balaban J connectivity index is 3.03. The molecule has 0 bridgehead atoms. The van der Waals surface area contributed by atoms with E-state index in [1.54, 1.807) is 13.8 Å². The molecule has 10 heteroatoms. The minimum atomic E-state index is -3.62. The number of rotatable bonds is 7. The van der Waals surface area contributed by atoms with Crippen LogP contribution in [0, 0.1) is 5.92 Å². The van der Waals surface area contributed by atoms with E-state index in [-0.39, 0.29) is 11.1 Å². The third-order valence-corrected chi connectivity index (χ3v) is 4.44. The molecule has 1 N–H and O–H groups in total. The van der Waals surface area contributed by atoms with Gasteiger partial charge in [0.1, 0.15) is 0 Å². The van der Waals surface area contributed by atoms with Gasteiger partial charge in [0.15, 0.2) is 5.16 Å². The van der Waals surface area contributed by atoms with Gasteiger partial charge in [-0.3, -0.25) is 9.52 Å². The van der Waals surface area contributed by atoms with Crippen molar-refractivity contribution in [3.8, 4) is 11.8 Å². The topological polar surface area (TPSA) is 107 Å². The van der Waals surface area contributed by atoms with Gasteiger partial charge in [0, 0.05) is 0 Å². The molecule has 0 fully saturated rings. The van der Waals surface area contributed by atoms with Gasteiger partial charge in [-0.15, -0.1) is 0 Å². The van der Waals surface area contributed by atoms with Crippen molar-refractivity contribution in [3.63, 3.8) is 0 Å². The first-order valence-corrected chi connectivity index (χ1v) is 9.08. The molecule has 1 amide bonds. The molecular weight excluding hydrogens is 330 g/mol. The van der Waals surface area contributed by atoms with E-state index in [9.17, 15) is 13.2 Å². The highest BCUT2D eigenvalue weighted by Crippen LogP contribution is 2.29. The van der Waals surface area contributed by atoms with Gasteiger partial charge < -0.3 is 9.47 Å². The SMILES string of the molecule is COc1cc(OC)nc(SC(C(=O)NS(C)(=O)=O)C(C)C)n1. The van der Waals surface area contributed by atoms with E-state index in [4.69, 9.17) is 9.47 Å². The summed E-state index contributed by atoms with van der Waals surface area (Å²) in [6.07, 6.45) is 0.929. The number of sulfonamides is 1. The Bertz CT molecular complexity index is 611. The predicted molar refractivity (Wildman–Crippen MR) is 82.6 cm³/mol. The average molecular weight is 349 g/mol. The van der Waals surface area contributed by atoms with Gasteiger partial charge >= 0.3 is 0 Å². The van der Waals surface area contributed by atoms with Crippen molar-refractivity contribution in [2.75, 3.05) is 20.5 Å². The van der Waals surface area contributed by atoms with Gasteiger partial charge in [0.05, 0.1) is 31.8 Å². The summed E-state index contributed by atoms with van der Waals surface area (Å²) in [4.78, 5) is 20.3. The van der Waals surface area contributed by atoms with Gasteiger partial charge in [0.2, 0.25) is 27.7 Å². The summed E-state index contributed by atoms with van der Waals surface area (Å²) in [7, 11) is -0.721. The third kappa shape index (κ3) is 5.68. The molecule has 1 rings (SSSR count). The number of carbonyl (C=O) groups is 1. The zero-order valence-corrected chi connectivity index (χ0v) is 14.6. The summed E-state index contributed by atoms with van der Waals surface area (Å²) in [5.41, 5.74) is 0. The Labute approximate surface area is 134 Å². The van der Waals surface area contributed by atoms with Crippen molar-refractivity contribution in [2.45, 2.75) is 24.3 Å². The molecule has 0 radical (unpaired) electrons. The fourth-order valence-corrected chi connectivity index (χ4v) is 3.01. The summed E-state index contributed by atoms with van der Waals surface area (Å²) < 4.78 is 34.5. The molecule has 0 aliphatic heterocycles. The number of aromatic nitrogens is 2. The number of hydrogen-bond acceptors (Lipinski definition) is 8. The standard InChI is InChI=1S/C12H19N3O5S2/c1-7(2)10(11(16)15-22(5,17)18)21-12-13-8(19-3)6-9(14-12)20-4/h6-7,10H,1-5H3,(H,15,16). The Morgan fingerprint density at radius 2 is 1.73 bits per heavy atom. The van der Waals surface area contributed by atoms with E-state index in [1.807, 2.05) is 4.72 Å². The summed E-state index contributed by atoms with van der Waals surface area (Å²) in [5, 5.41) is -0.412. The van der Waals surface area contributed by atoms with Crippen molar-refractivity contribution in [1.29, 1.82) is 0 Å². The maximum Gasteiger partial charge on any atom is 0.247 e. The molecule has 1 aromatic rings. The minimum absolute atomic E-state index is 0.132. The summed E-state index contributed by atoms with van der Waals surface area (Å²) in [5.74, 6) is -0.166. The van der Waals surface area contributed by atoms with Gasteiger partial charge in [-0.25, -0.2) is 8.42 Å². The maximum absolute atomic E-state index is 12.1. The van der Waals surface area contributed by atoms with Crippen LogP contribution in [0.5, 0.6) is 11.8 Å². The number of thioether (sulfide) groups is 1. The molecule has 0 aliphatic rings. The quantitative estimate of drug-likeness (QED) is 0.566. The lowest BCUT2D eigenvalue weighted by Gasteiger charge is -2.18. The lowest BCUT2D eigenvalue weighted by molar-refractivity contribution is -0.119. The Morgan fingerprint density at radius 3 is 2.09 bits per heavy atom. The highest BCUT2D eigenvalue weighted by Gasteiger charge is 2.27. The highest BCUT2D eigenvalue weighted by atomic mass is 32.2. The fourth-order valence-electron chi connectivity index (χ4n) is 1.49. The van der Waals surface area contributed by atoms with Gasteiger partial charge in [-0.2, -0.15) is 9.97 Å². The van der Waals surface area contributed by atoms with E-state index >= 15 is 0 Å². The summed E-state index contributed by atoms with van der Waals surface area (Å²) in [6.45, 7) is 3.61. The molecule has 1 heterocycles. The predicted octanol–water partition coefficient (Wildman–Crippen LogP) is 0.686. The molecule has 124 valence electrons. The monoisotopic (exact) mass is 349 g/mol. The lowest BCUT2D eigenvalue weighted by Crippen LogP contribution is -2.39. The van der Waals surface area contributed by atoms with Crippen LogP contribution in [-0.4, -0.2) is 50.0 Å². The molecule has 0 aliphatic carbocycles. The number of amides is 1. The second-order valence-corrected chi connectivity index (χ2v) is 7.61. The molecule has 8 nitrogen and oxygen atoms in total. The lowest BCUT2D eigenvalue weighted by atomic mass is 10.1. The smallest absolute Gasteiger partial charge is 0.247 e. The minimum Gasteiger partial charge on any atom is -0.481 e. The van der Waals surface area contributed by atoms with Crippen LogP contribution in [0.15, 0.2) is 11.2 Å². The van der Waals surface area contributed by atoms with Crippen LogP contribution in [0.25, 0.3) is 0 Å². The molecule has 22 heavy (non-hydrogen) atoms. The molecular formula is C12H19N3O5S2. The van der Waals surface area contributed by atoms with Crippen molar-refractivity contribution < 1.29 is 22.7 Å². The number of ether oxygens (including phenoxy) is 2. The molecule has 1 unspecified atom stereocenters. The summed E-state index contributed by atoms with van der Waals surface area (Å²) in [6, 6.07) is 1.50. The molecule has 0 saturated heterocycles. The Hall–Kier alpha value is -1.55. The van der Waals surface area contributed by atoms with E-state index in [1.165, 1.54) is 20.3 Å². The second kappa shape index (κ2) is 7.63. The molecule has 0 aromatic carbocycles. The number of methoxy groups -OCH3 is 2. The zero-order chi connectivity index (χ0) is 16.9. The first-order chi connectivity index (χ1) is 10.2. The van der Waals surface area contributed by atoms with Crippen LogP contribution in [0.1, 0.15) is 13.8 Å². The van der Waals surface area contributed by atoms with Crippen molar-refractivity contribution in [3.05, 3.63) is 6.07 Å². The summed E-state index contributed by atoms with van der Waals surface area (Å²) >= 11 is 1.05. The van der Waals surface area contributed by atoms with Gasteiger partial charge in [-0.05, 0) is 5.92 Å². The molecule has 0 spiro atoms. The van der Waals surface area contributed by atoms with E-state index in [0.717, 1.165) is 18.0 Å². The van der Waals surface area contributed by atoms with Crippen molar-refractivity contribution >= 4 is 27.7 Å². The van der Waals surface area contributed by atoms with Gasteiger partial charge in [-0.1, -0.05) is 25.6 Å². The molecule has 1 atom stereocenters. The van der Waals surface area contributed by atoms with Crippen LogP contribution < -0.4 is 14.2 Å². The Morgan fingerprint density at radius 1 is 1.23 bits per heavy atom. The average Bonchev–Trinajstić information content (AvgIpc) is 2.41. The molecule has 1 aromatic heterocycles.